The van der Waals surface area contributed by atoms with Crippen molar-refractivity contribution in [2.75, 3.05) is 6.54 Å². The van der Waals surface area contributed by atoms with Crippen LogP contribution in [0.3, 0.4) is 0 Å². The maximum atomic E-state index is 10.8. The minimum Gasteiger partial charge on any atom is -0.389 e. The lowest BCUT2D eigenvalue weighted by atomic mass is 9.67. The first-order valence-corrected chi connectivity index (χ1v) is 7.75. The van der Waals surface area contributed by atoms with E-state index < -0.39 is 5.60 Å². The van der Waals surface area contributed by atoms with Crippen LogP contribution < -0.4 is 5.32 Å². The zero-order chi connectivity index (χ0) is 13.3. The van der Waals surface area contributed by atoms with E-state index in [2.05, 4.69) is 17.4 Å². The highest BCUT2D eigenvalue weighted by Gasteiger charge is 2.45. The molecule has 1 aromatic carbocycles. The van der Waals surface area contributed by atoms with Crippen molar-refractivity contribution in [1.29, 1.82) is 0 Å². The number of aliphatic hydroxyl groups is 1. The fourth-order valence-electron chi connectivity index (χ4n) is 3.84. The highest BCUT2D eigenvalue weighted by atomic mass is 35.5. The van der Waals surface area contributed by atoms with Crippen molar-refractivity contribution in [3.63, 3.8) is 0 Å². The molecule has 1 aliphatic heterocycles. The van der Waals surface area contributed by atoms with Gasteiger partial charge in [-0.3, -0.25) is 0 Å². The third-order valence-corrected chi connectivity index (χ3v) is 5.14. The summed E-state index contributed by atoms with van der Waals surface area (Å²) in [6, 6.07) is 8.50. The Bertz CT molecular complexity index is 429. The number of halogens is 1. The predicted molar refractivity (Wildman–Crippen MR) is 78.5 cm³/mol. The number of rotatable bonds is 2. The van der Waals surface area contributed by atoms with Gasteiger partial charge in [-0.05, 0) is 49.9 Å². The minimum atomic E-state index is -0.416. The molecular weight excluding hydrogens is 258 g/mol. The molecule has 1 saturated heterocycles. The average molecular weight is 280 g/mol. The molecule has 1 aromatic rings. The van der Waals surface area contributed by atoms with E-state index >= 15 is 0 Å². The lowest BCUT2D eigenvalue weighted by Crippen LogP contribution is -2.58. The van der Waals surface area contributed by atoms with Gasteiger partial charge in [-0.25, -0.2) is 0 Å². The first-order valence-electron chi connectivity index (χ1n) is 7.38. The summed E-state index contributed by atoms with van der Waals surface area (Å²) < 4.78 is 0. The summed E-state index contributed by atoms with van der Waals surface area (Å²) in [5, 5.41) is 15.2. The third kappa shape index (κ3) is 2.81. The van der Waals surface area contributed by atoms with E-state index in [1.54, 1.807) is 0 Å². The number of benzene rings is 1. The first kappa shape index (κ1) is 13.4. The van der Waals surface area contributed by atoms with E-state index in [4.69, 9.17) is 11.6 Å². The van der Waals surface area contributed by atoms with Gasteiger partial charge >= 0.3 is 0 Å². The van der Waals surface area contributed by atoms with Crippen LogP contribution in [0.1, 0.15) is 37.7 Å². The molecule has 3 atom stereocenters. The van der Waals surface area contributed by atoms with Crippen molar-refractivity contribution in [3.05, 3.63) is 34.9 Å². The molecule has 1 heterocycles. The smallest absolute Gasteiger partial charge is 0.0702 e. The van der Waals surface area contributed by atoms with Gasteiger partial charge in [0.05, 0.1) is 5.60 Å². The molecule has 2 nitrogen and oxygen atoms in total. The molecule has 2 aliphatic rings. The standard InChI is InChI=1S/C16H22ClNO/c17-13-6-4-12(5-7-13)11-15-14-3-1-2-8-16(14,19)9-10-18-15/h4-7,14-15,18-19H,1-3,8-11H2. The molecule has 1 aliphatic carbocycles. The van der Waals surface area contributed by atoms with Crippen molar-refractivity contribution in [2.24, 2.45) is 5.92 Å². The second-order valence-electron chi connectivity index (χ2n) is 6.10. The van der Waals surface area contributed by atoms with Crippen LogP contribution in [0.2, 0.25) is 5.02 Å². The number of hydrogen-bond donors (Lipinski definition) is 2. The SMILES string of the molecule is OC12CCCCC1C(Cc1ccc(Cl)cc1)NCC2. The molecule has 1 saturated carbocycles. The van der Waals surface area contributed by atoms with Gasteiger partial charge in [0.1, 0.15) is 0 Å². The average Bonchev–Trinajstić information content (AvgIpc) is 2.41. The van der Waals surface area contributed by atoms with Crippen LogP contribution in [0.15, 0.2) is 24.3 Å². The largest absolute Gasteiger partial charge is 0.389 e. The van der Waals surface area contributed by atoms with Gasteiger partial charge in [0.15, 0.2) is 0 Å². The van der Waals surface area contributed by atoms with Gasteiger partial charge < -0.3 is 10.4 Å². The molecule has 0 amide bonds. The lowest BCUT2D eigenvalue weighted by Gasteiger charge is -2.48. The fourth-order valence-corrected chi connectivity index (χ4v) is 3.97. The van der Waals surface area contributed by atoms with E-state index in [-0.39, 0.29) is 0 Å². The summed E-state index contributed by atoms with van der Waals surface area (Å²) in [5.41, 5.74) is 0.886. The summed E-state index contributed by atoms with van der Waals surface area (Å²) in [7, 11) is 0. The molecule has 0 radical (unpaired) electrons. The fraction of sp³-hybridized carbons (Fsp3) is 0.625. The number of nitrogens with one attached hydrogen (secondary N) is 1. The topological polar surface area (TPSA) is 32.3 Å². The Hall–Kier alpha value is -0.570. The van der Waals surface area contributed by atoms with E-state index in [9.17, 15) is 5.11 Å². The normalized spacial score (nSPS) is 34.8. The van der Waals surface area contributed by atoms with Crippen molar-refractivity contribution < 1.29 is 5.11 Å². The third-order valence-electron chi connectivity index (χ3n) is 4.88. The number of fused-ring (bicyclic) bond motifs is 1. The zero-order valence-electron chi connectivity index (χ0n) is 11.2. The van der Waals surface area contributed by atoms with Gasteiger partial charge in [-0.2, -0.15) is 0 Å². The molecule has 0 bridgehead atoms. The van der Waals surface area contributed by atoms with Crippen LogP contribution in [0.5, 0.6) is 0 Å². The molecule has 3 heteroatoms. The molecule has 104 valence electrons. The van der Waals surface area contributed by atoms with Crippen LogP contribution in [-0.4, -0.2) is 23.3 Å². The maximum absolute atomic E-state index is 10.8. The molecule has 19 heavy (non-hydrogen) atoms. The van der Waals surface area contributed by atoms with Gasteiger partial charge in [0.25, 0.3) is 0 Å². The Balaban J connectivity index is 1.74. The Labute approximate surface area is 120 Å². The quantitative estimate of drug-likeness (QED) is 0.872. The van der Waals surface area contributed by atoms with E-state index in [0.29, 0.717) is 12.0 Å². The van der Waals surface area contributed by atoms with Crippen LogP contribution >= 0.6 is 11.6 Å². The van der Waals surface area contributed by atoms with Gasteiger partial charge in [0, 0.05) is 17.0 Å². The molecular formula is C16H22ClNO. The Morgan fingerprint density at radius 3 is 2.79 bits per heavy atom. The minimum absolute atomic E-state index is 0.403. The Morgan fingerprint density at radius 2 is 2.00 bits per heavy atom. The maximum Gasteiger partial charge on any atom is 0.0702 e. The monoisotopic (exact) mass is 279 g/mol. The summed E-state index contributed by atoms with van der Waals surface area (Å²) in [5.74, 6) is 0.408. The number of hydrogen-bond acceptors (Lipinski definition) is 2. The zero-order valence-corrected chi connectivity index (χ0v) is 12.0. The van der Waals surface area contributed by atoms with Gasteiger partial charge in [0.2, 0.25) is 0 Å². The molecule has 3 unspecified atom stereocenters. The highest BCUT2D eigenvalue weighted by molar-refractivity contribution is 6.30. The van der Waals surface area contributed by atoms with Crippen LogP contribution in [0, 0.1) is 5.92 Å². The van der Waals surface area contributed by atoms with Crippen molar-refractivity contribution in [1.82, 2.24) is 5.32 Å². The number of piperidine rings is 1. The summed E-state index contributed by atoms with van der Waals surface area (Å²) in [4.78, 5) is 0. The van der Waals surface area contributed by atoms with Crippen LogP contribution in [0.4, 0.5) is 0 Å². The van der Waals surface area contributed by atoms with E-state index in [0.717, 1.165) is 37.3 Å². The van der Waals surface area contributed by atoms with Crippen LogP contribution in [0.25, 0.3) is 0 Å². The summed E-state index contributed by atoms with van der Waals surface area (Å²) in [6.45, 7) is 0.936. The summed E-state index contributed by atoms with van der Waals surface area (Å²) in [6.07, 6.45) is 6.48. The molecule has 2 fully saturated rings. The van der Waals surface area contributed by atoms with Gasteiger partial charge in [-0.15, -0.1) is 0 Å². The second kappa shape index (κ2) is 5.43. The molecule has 0 aromatic heterocycles. The Morgan fingerprint density at radius 1 is 1.21 bits per heavy atom. The lowest BCUT2D eigenvalue weighted by molar-refractivity contribution is -0.0850. The van der Waals surface area contributed by atoms with Crippen molar-refractivity contribution in [2.45, 2.75) is 50.2 Å². The van der Waals surface area contributed by atoms with Gasteiger partial charge in [-0.1, -0.05) is 36.6 Å². The van der Waals surface area contributed by atoms with Crippen molar-refractivity contribution in [3.8, 4) is 0 Å². The molecule has 3 rings (SSSR count). The van der Waals surface area contributed by atoms with Crippen LogP contribution in [-0.2, 0) is 6.42 Å². The second-order valence-corrected chi connectivity index (χ2v) is 6.53. The predicted octanol–water partition coefficient (Wildman–Crippen LogP) is 3.17. The highest BCUT2D eigenvalue weighted by Crippen LogP contribution is 2.41. The molecule has 2 N–H and O–H groups in total. The summed E-state index contributed by atoms with van der Waals surface area (Å²) >= 11 is 5.93. The first-order chi connectivity index (χ1) is 9.17. The van der Waals surface area contributed by atoms with E-state index in [1.165, 1.54) is 18.4 Å². The molecule has 0 spiro atoms. The van der Waals surface area contributed by atoms with E-state index in [1.807, 2.05) is 12.1 Å². The van der Waals surface area contributed by atoms with Crippen molar-refractivity contribution >= 4 is 11.6 Å². The Kier molecular flexibility index (Phi) is 3.84.